The first kappa shape index (κ1) is 21.3. The van der Waals surface area contributed by atoms with Crippen LogP contribution >= 0.6 is 24.8 Å². The summed E-state index contributed by atoms with van der Waals surface area (Å²) in [6.45, 7) is 5.53. The third-order valence-electron chi connectivity index (χ3n) is 3.81. The molecule has 1 fully saturated rings. The van der Waals surface area contributed by atoms with Gasteiger partial charge >= 0.3 is 0 Å². The average molecular weight is 400 g/mol. The maximum absolute atomic E-state index is 12.3. The van der Waals surface area contributed by atoms with E-state index in [0.717, 1.165) is 39.1 Å². The molecule has 2 N–H and O–H groups in total. The van der Waals surface area contributed by atoms with Gasteiger partial charge in [-0.05, 0) is 25.1 Å². The Morgan fingerprint density at radius 3 is 2.58 bits per heavy atom. The largest absolute Gasteiger partial charge is 0.454 e. The number of nitrogens with one attached hydrogen (secondary N) is 2. The molecule has 138 valence electrons. The molecule has 2 heterocycles. The first-order valence-electron chi connectivity index (χ1n) is 7.47. The number of ether oxygens (including phenoxy) is 2. The lowest BCUT2D eigenvalue weighted by molar-refractivity contribution is 0.174. The van der Waals surface area contributed by atoms with E-state index in [-0.39, 0.29) is 36.5 Å². The van der Waals surface area contributed by atoms with Crippen molar-refractivity contribution in [1.82, 2.24) is 14.9 Å². The summed E-state index contributed by atoms with van der Waals surface area (Å²) in [5.74, 6) is 1.06. The van der Waals surface area contributed by atoms with Crippen LogP contribution in [0.4, 0.5) is 0 Å². The molecule has 0 aliphatic carbocycles. The fourth-order valence-electron chi connectivity index (χ4n) is 2.57. The Morgan fingerprint density at radius 2 is 1.83 bits per heavy atom. The Kier molecular flexibility index (Phi) is 8.55. The second-order valence-electron chi connectivity index (χ2n) is 5.36. The van der Waals surface area contributed by atoms with E-state index in [9.17, 15) is 8.42 Å². The molecule has 0 radical (unpaired) electrons. The van der Waals surface area contributed by atoms with Gasteiger partial charge in [0.15, 0.2) is 11.5 Å². The van der Waals surface area contributed by atoms with Crippen molar-refractivity contribution in [3.05, 3.63) is 18.2 Å². The highest BCUT2D eigenvalue weighted by Crippen LogP contribution is 2.33. The Hall–Kier alpha value is -0.770. The number of rotatable bonds is 6. The Balaban J connectivity index is 0.00000144. The van der Waals surface area contributed by atoms with E-state index in [1.165, 1.54) is 12.1 Å². The molecule has 2 aliphatic rings. The molecule has 24 heavy (non-hydrogen) atoms. The van der Waals surface area contributed by atoms with Crippen molar-refractivity contribution in [2.75, 3.05) is 46.1 Å². The molecule has 7 nitrogen and oxygen atoms in total. The Bertz CT molecular complexity index is 624. The lowest BCUT2D eigenvalue weighted by Gasteiger charge is -2.27. The number of piperazine rings is 1. The topological polar surface area (TPSA) is 79.9 Å². The number of fused-ring (bicyclic) bond motifs is 1. The van der Waals surface area contributed by atoms with E-state index < -0.39 is 10.0 Å². The van der Waals surface area contributed by atoms with Crippen molar-refractivity contribution >= 4 is 34.8 Å². The van der Waals surface area contributed by atoms with Gasteiger partial charge in [0.25, 0.3) is 0 Å². The van der Waals surface area contributed by atoms with E-state index >= 15 is 0 Å². The highest BCUT2D eigenvalue weighted by atomic mass is 35.5. The fourth-order valence-corrected chi connectivity index (χ4v) is 3.66. The quantitative estimate of drug-likeness (QED) is 0.689. The molecule has 3 rings (SSSR count). The highest BCUT2D eigenvalue weighted by Gasteiger charge is 2.20. The zero-order chi connectivity index (χ0) is 15.4. The predicted octanol–water partition coefficient (Wildman–Crippen LogP) is 0.832. The molecule has 0 atom stereocenters. The van der Waals surface area contributed by atoms with Crippen molar-refractivity contribution in [2.45, 2.75) is 11.3 Å². The van der Waals surface area contributed by atoms with Crippen LogP contribution < -0.4 is 19.5 Å². The van der Waals surface area contributed by atoms with Crippen LogP contribution in [0.15, 0.2) is 23.1 Å². The smallest absolute Gasteiger partial charge is 0.240 e. The van der Waals surface area contributed by atoms with Crippen LogP contribution in [-0.2, 0) is 10.0 Å². The van der Waals surface area contributed by atoms with Crippen LogP contribution in [-0.4, -0.2) is 59.4 Å². The number of hydrogen-bond acceptors (Lipinski definition) is 6. The third-order valence-corrected chi connectivity index (χ3v) is 5.27. The van der Waals surface area contributed by atoms with Crippen molar-refractivity contribution in [2.24, 2.45) is 0 Å². The summed E-state index contributed by atoms with van der Waals surface area (Å²) in [5, 5.41) is 3.30. The number of benzene rings is 1. The molecule has 0 amide bonds. The summed E-state index contributed by atoms with van der Waals surface area (Å²) in [6.07, 6.45) is 0.795. The number of nitrogens with zero attached hydrogens (tertiary/aromatic N) is 1. The maximum atomic E-state index is 12.3. The van der Waals surface area contributed by atoms with Crippen LogP contribution in [0, 0.1) is 0 Å². The van der Waals surface area contributed by atoms with Crippen molar-refractivity contribution in [3.63, 3.8) is 0 Å². The van der Waals surface area contributed by atoms with Gasteiger partial charge in [-0.25, -0.2) is 13.1 Å². The average Bonchev–Trinajstić information content (AvgIpc) is 3.00. The first-order chi connectivity index (χ1) is 10.6. The third kappa shape index (κ3) is 5.37. The summed E-state index contributed by atoms with van der Waals surface area (Å²) < 4.78 is 37.5. The summed E-state index contributed by atoms with van der Waals surface area (Å²) in [5.41, 5.74) is 0. The van der Waals surface area contributed by atoms with Crippen LogP contribution in [0.3, 0.4) is 0 Å². The van der Waals surface area contributed by atoms with Crippen molar-refractivity contribution in [1.29, 1.82) is 0 Å². The zero-order valence-electron chi connectivity index (χ0n) is 13.2. The van der Waals surface area contributed by atoms with Gasteiger partial charge in [-0.15, -0.1) is 24.8 Å². The molecule has 10 heteroatoms. The molecule has 0 saturated carbocycles. The van der Waals surface area contributed by atoms with Gasteiger partial charge in [0.2, 0.25) is 16.8 Å². The lowest BCUT2D eigenvalue weighted by Crippen LogP contribution is -2.44. The minimum absolute atomic E-state index is 0. The van der Waals surface area contributed by atoms with E-state index in [0.29, 0.717) is 18.0 Å². The van der Waals surface area contributed by atoms with Gasteiger partial charge in [-0.1, -0.05) is 0 Å². The molecule has 1 aromatic carbocycles. The Labute approximate surface area is 154 Å². The van der Waals surface area contributed by atoms with Gasteiger partial charge in [-0.3, -0.25) is 0 Å². The second-order valence-corrected chi connectivity index (χ2v) is 7.12. The monoisotopic (exact) mass is 399 g/mol. The number of sulfonamides is 1. The molecule has 1 saturated heterocycles. The highest BCUT2D eigenvalue weighted by molar-refractivity contribution is 7.89. The van der Waals surface area contributed by atoms with E-state index in [4.69, 9.17) is 9.47 Å². The molecule has 0 unspecified atom stereocenters. The Morgan fingerprint density at radius 1 is 1.12 bits per heavy atom. The molecular formula is C14H23Cl2N3O4S. The van der Waals surface area contributed by atoms with Gasteiger partial charge < -0.3 is 19.7 Å². The van der Waals surface area contributed by atoms with Crippen molar-refractivity contribution < 1.29 is 17.9 Å². The van der Waals surface area contributed by atoms with Gasteiger partial charge in [0.05, 0.1) is 4.90 Å². The predicted molar refractivity (Wildman–Crippen MR) is 96.2 cm³/mol. The summed E-state index contributed by atoms with van der Waals surface area (Å²) in [4.78, 5) is 2.55. The molecule has 1 aromatic rings. The standard InChI is InChI=1S/C14H21N3O4S.2ClH/c18-22(19,12-2-3-13-14(10-12)21-11-20-13)16-4-1-7-17-8-5-15-6-9-17;;/h2-3,10,15-16H,1,4-9,11H2;2*1H. The zero-order valence-corrected chi connectivity index (χ0v) is 15.6. The summed E-state index contributed by atoms with van der Waals surface area (Å²) in [7, 11) is -3.50. The fraction of sp³-hybridized carbons (Fsp3) is 0.571. The minimum atomic E-state index is -3.50. The molecule has 0 bridgehead atoms. The number of hydrogen-bond donors (Lipinski definition) is 2. The van der Waals surface area contributed by atoms with Crippen LogP contribution in [0.2, 0.25) is 0 Å². The van der Waals surface area contributed by atoms with E-state index in [1.807, 2.05) is 0 Å². The summed E-state index contributed by atoms with van der Waals surface area (Å²) >= 11 is 0. The first-order valence-corrected chi connectivity index (χ1v) is 8.96. The van der Waals surface area contributed by atoms with Gasteiger partial charge in [0.1, 0.15) is 0 Å². The van der Waals surface area contributed by atoms with Crippen LogP contribution in [0.25, 0.3) is 0 Å². The molecule has 0 spiro atoms. The van der Waals surface area contributed by atoms with Gasteiger partial charge in [0, 0.05) is 38.8 Å². The second kappa shape index (κ2) is 9.65. The normalized spacial score (nSPS) is 17.0. The van der Waals surface area contributed by atoms with Crippen LogP contribution in [0.1, 0.15) is 6.42 Å². The lowest BCUT2D eigenvalue weighted by atomic mass is 10.3. The van der Waals surface area contributed by atoms with E-state index in [1.54, 1.807) is 6.07 Å². The maximum Gasteiger partial charge on any atom is 0.240 e. The summed E-state index contributed by atoms with van der Waals surface area (Å²) in [6, 6.07) is 4.66. The molecule has 2 aliphatic heterocycles. The number of halogens is 2. The van der Waals surface area contributed by atoms with Crippen molar-refractivity contribution in [3.8, 4) is 11.5 Å². The molecular weight excluding hydrogens is 377 g/mol. The van der Waals surface area contributed by atoms with Crippen LogP contribution in [0.5, 0.6) is 11.5 Å². The molecule has 0 aromatic heterocycles. The van der Waals surface area contributed by atoms with Gasteiger partial charge in [-0.2, -0.15) is 0 Å². The van der Waals surface area contributed by atoms with E-state index in [2.05, 4.69) is 14.9 Å². The minimum Gasteiger partial charge on any atom is -0.454 e. The SMILES string of the molecule is Cl.Cl.O=S(=O)(NCCCN1CCNCC1)c1ccc2c(c1)OCO2.